The molecule has 2 aromatic heterocycles. The van der Waals surface area contributed by atoms with E-state index < -0.39 is 23.6 Å². The number of fused-ring (bicyclic) bond motifs is 1. The topological polar surface area (TPSA) is 130 Å². The zero-order valence-corrected chi connectivity index (χ0v) is 19.9. The molecule has 11 heteroatoms. The molecule has 3 unspecified atom stereocenters. The van der Waals surface area contributed by atoms with Crippen molar-refractivity contribution >= 4 is 33.6 Å². The number of aliphatic hydroxyl groups excluding tert-OH is 1. The lowest BCUT2D eigenvalue weighted by atomic mass is 9.95. The molecule has 1 fully saturated rings. The third-order valence-electron chi connectivity index (χ3n) is 6.47. The zero-order valence-electron chi connectivity index (χ0n) is 19.1. The number of thiazole rings is 1. The molecule has 8 nitrogen and oxygen atoms in total. The lowest BCUT2D eigenvalue weighted by molar-refractivity contribution is 0.102. The zero-order chi connectivity index (χ0) is 24.9. The summed E-state index contributed by atoms with van der Waals surface area (Å²) in [6.45, 7) is 3.48. The Hall–Kier alpha value is -3.15. The van der Waals surface area contributed by atoms with Crippen LogP contribution in [0.3, 0.4) is 0 Å². The number of benzene rings is 1. The molecule has 1 aliphatic carbocycles. The van der Waals surface area contributed by atoms with Crippen LogP contribution < -0.4 is 21.7 Å². The largest absolute Gasteiger partial charge is 0.389 e. The number of nitrogens with one attached hydrogen (secondary N) is 1. The van der Waals surface area contributed by atoms with Gasteiger partial charge in [-0.05, 0) is 37.3 Å². The molecule has 3 atom stereocenters. The maximum atomic E-state index is 14.2. The molecule has 1 aliphatic heterocycles. The van der Waals surface area contributed by atoms with Crippen molar-refractivity contribution in [1.29, 1.82) is 0 Å². The molecule has 2 aliphatic rings. The van der Waals surface area contributed by atoms with E-state index in [1.54, 1.807) is 0 Å². The van der Waals surface area contributed by atoms with Gasteiger partial charge in [0.1, 0.15) is 21.6 Å². The lowest BCUT2D eigenvalue weighted by Crippen LogP contribution is -2.47. The molecular weight excluding hydrogens is 474 g/mol. The fourth-order valence-corrected chi connectivity index (χ4v) is 5.91. The molecular formula is C24H26F2N6O2S. The SMILES string of the molecule is CC1CC(N)CN(c2c(NC(=O)c3nc(-c4c(F)cccc4F)sc3N)cnc3c2CCC3O)C1. The lowest BCUT2D eigenvalue weighted by Gasteiger charge is -2.38. The van der Waals surface area contributed by atoms with E-state index in [1.807, 2.05) is 0 Å². The summed E-state index contributed by atoms with van der Waals surface area (Å²) < 4.78 is 28.5. The number of rotatable bonds is 4. The van der Waals surface area contributed by atoms with Crippen molar-refractivity contribution in [3.8, 4) is 10.6 Å². The van der Waals surface area contributed by atoms with Crippen LogP contribution in [0.4, 0.5) is 25.2 Å². The molecule has 0 spiro atoms. The summed E-state index contributed by atoms with van der Waals surface area (Å²) in [4.78, 5) is 23.9. The van der Waals surface area contributed by atoms with Gasteiger partial charge < -0.3 is 26.8 Å². The third-order valence-corrected chi connectivity index (χ3v) is 7.37. The van der Waals surface area contributed by atoms with E-state index in [2.05, 4.69) is 27.1 Å². The van der Waals surface area contributed by atoms with E-state index in [0.717, 1.165) is 47.7 Å². The quantitative estimate of drug-likeness (QED) is 0.431. The first kappa shape index (κ1) is 23.6. The highest BCUT2D eigenvalue weighted by atomic mass is 32.1. The van der Waals surface area contributed by atoms with Gasteiger partial charge in [0.05, 0.1) is 34.9 Å². The molecule has 0 bridgehead atoms. The van der Waals surface area contributed by atoms with Crippen molar-refractivity contribution in [3.63, 3.8) is 0 Å². The third kappa shape index (κ3) is 4.35. The Labute approximate surface area is 205 Å². The average molecular weight is 501 g/mol. The standard InChI is InChI=1S/C24H26F2N6O2S/c1-11-7-12(27)10-32(9-11)21-13-5-6-17(33)19(13)29-8-16(21)30-23(34)20-22(28)35-24(31-20)18-14(25)3-2-4-15(18)26/h2-4,8,11-12,17,33H,5-7,9-10,27-28H2,1H3,(H,30,34). The Balaban J connectivity index is 1.50. The number of aliphatic hydroxyl groups is 1. The number of nitrogen functional groups attached to an aromatic ring is 1. The van der Waals surface area contributed by atoms with Crippen molar-refractivity contribution in [2.24, 2.45) is 11.7 Å². The summed E-state index contributed by atoms with van der Waals surface area (Å²) in [5.74, 6) is -1.84. The number of nitrogens with zero attached hydrogens (tertiary/aromatic N) is 3. The summed E-state index contributed by atoms with van der Waals surface area (Å²) in [6, 6.07) is 3.48. The number of pyridine rings is 1. The van der Waals surface area contributed by atoms with Crippen LogP contribution in [-0.4, -0.2) is 40.1 Å². The molecule has 3 heterocycles. The normalized spacial score (nSPS) is 21.7. The molecule has 1 amide bonds. The monoisotopic (exact) mass is 500 g/mol. The predicted octanol–water partition coefficient (Wildman–Crippen LogP) is 3.47. The summed E-state index contributed by atoms with van der Waals surface area (Å²) in [5, 5.41) is 13.2. The van der Waals surface area contributed by atoms with Crippen LogP contribution in [0.5, 0.6) is 0 Å². The second-order valence-corrected chi connectivity index (χ2v) is 10.3. The summed E-state index contributed by atoms with van der Waals surface area (Å²) in [6.07, 6.45) is 2.94. The number of aromatic nitrogens is 2. The van der Waals surface area contributed by atoms with Gasteiger partial charge in [-0.15, -0.1) is 0 Å². The highest BCUT2D eigenvalue weighted by Gasteiger charge is 2.33. The molecule has 1 saturated heterocycles. The Kier molecular flexibility index (Phi) is 6.16. The average Bonchev–Trinajstić information content (AvgIpc) is 3.35. The first-order valence-electron chi connectivity index (χ1n) is 11.4. The van der Waals surface area contributed by atoms with Gasteiger partial charge in [-0.2, -0.15) is 0 Å². The number of hydrogen-bond acceptors (Lipinski definition) is 8. The number of carbonyl (C=O) groups is 1. The number of anilines is 3. The van der Waals surface area contributed by atoms with Gasteiger partial charge in [-0.25, -0.2) is 13.8 Å². The molecule has 6 N–H and O–H groups in total. The number of hydrogen-bond donors (Lipinski definition) is 4. The minimum atomic E-state index is -0.787. The van der Waals surface area contributed by atoms with Crippen LogP contribution in [0.2, 0.25) is 0 Å². The number of piperidine rings is 1. The molecule has 1 aromatic carbocycles. The van der Waals surface area contributed by atoms with Crippen LogP contribution in [0, 0.1) is 17.6 Å². The Morgan fingerprint density at radius 3 is 2.74 bits per heavy atom. The number of amides is 1. The van der Waals surface area contributed by atoms with Crippen molar-refractivity contribution in [1.82, 2.24) is 9.97 Å². The number of carbonyl (C=O) groups excluding carboxylic acids is 1. The van der Waals surface area contributed by atoms with E-state index in [-0.39, 0.29) is 27.3 Å². The Morgan fingerprint density at radius 2 is 2.03 bits per heavy atom. The maximum absolute atomic E-state index is 14.2. The molecule has 5 rings (SSSR count). The minimum absolute atomic E-state index is 0.0190. The van der Waals surface area contributed by atoms with Gasteiger partial charge >= 0.3 is 0 Å². The van der Waals surface area contributed by atoms with E-state index >= 15 is 0 Å². The van der Waals surface area contributed by atoms with Crippen molar-refractivity contribution in [3.05, 3.63) is 53.0 Å². The number of nitrogens with two attached hydrogens (primary N) is 2. The van der Waals surface area contributed by atoms with Gasteiger partial charge in [0, 0.05) is 24.7 Å². The molecule has 3 aromatic rings. The molecule has 184 valence electrons. The second kappa shape index (κ2) is 9.14. The Morgan fingerprint density at radius 1 is 1.29 bits per heavy atom. The van der Waals surface area contributed by atoms with E-state index in [0.29, 0.717) is 36.7 Å². The van der Waals surface area contributed by atoms with Crippen LogP contribution in [0.25, 0.3) is 10.6 Å². The molecule has 0 saturated carbocycles. The van der Waals surface area contributed by atoms with E-state index in [9.17, 15) is 18.7 Å². The van der Waals surface area contributed by atoms with Crippen LogP contribution in [-0.2, 0) is 6.42 Å². The van der Waals surface area contributed by atoms with Crippen molar-refractivity contribution in [2.75, 3.05) is 29.0 Å². The second-order valence-electron chi connectivity index (χ2n) is 9.23. The summed E-state index contributed by atoms with van der Waals surface area (Å²) in [5.41, 5.74) is 14.6. The summed E-state index contributed by atoms with van der Waals surface area (Å²) >= 11 is 0.838. The fraction of sp³-hybridized carbons (Fsp3) is 0.375. The van der Waals surface area contributed by atoms with Crippen LogP contribution in [0.1, 0.15) is 47.6 Å². The highest BCUT2D eigenvalue weighted by Crippen LogP contribution is 2.42. The van der Waals surface area contributed by atoms with Gasteiger partial charge in [-0.1, -0.05) is 24.3 Å². The first-order valence-corrected chi connectivity index (χ1v) is 12.3. The van der Waals surface area contributed by atoms with Gasteiger partial charge in [0.25, 0.3) is 5.91 Å². The van der Waals surface area contributed by atoms with Gasteiger partial charge in [-0.3, -0.25) is 9.78 Å². The van der Waals surface area contributed by atoms with Crippen LogP contribution >= 0.6 is 11.3 Å². The Bertz CT molecular complexity index is 1270. The predicted molar refractivity (Wildman–Crippen MR) is 131 cm³/mol. The highest BCUT2D eigenvalue weighted by molar-refractivity contribution is 7.19. The smallest absolute Gasteiger partial charge is 0.277 e. The first-order chi connectivity index (χ1) is 16.7. The van der Waals surface area contributed by atoms with Gasteiger partial charge in [0.15, 0.2) is 5.69 Å². The fourth-order valence-electron chi connectivity index (χ4n) is 5.03. The molecule has 35 heavy (non-hydrogen) atoms. The van der Waals surface area contributed by atoms with Crippen molar-refractivity contribution in [2.45, 2.75) is 38.3 Å². The van der Waals surface area contributed by atoms with E-state index in [4.69, 9.17) is 11.5 Å². The molecule has 0 radical (unpaired) electrons. The van der Waals surface area contributed by atoms with E-state index in [1.165, 1.54) is 12.3 Å². The summed E-state index contributed by atoms with van der Waals surface area (Å²) in [7, 11) is 0. The minimum Gasteiger partial charge on any atom is -0.389 e. The van der Waals surface area contributed by atoms with Gasteiger partial charge in [0.2, 0.25) is 0 Å². The number of halogens is 2. The van der Waals surface area contributed by atoms with Crippen molar-refractivity contribution < 1.29 is 18.7 Å². The maximum Gasteiger partial charge on any atom is 0.277 e. The van der Waals surface area contributed by atoms with Crippen LogP contribution in [0.15, 0.2) is 24.4 Å².